The highest BCUT2D eigenvalue weighted by Crippen LogP contribution is 2.83. The Morgan fingerprint density at radius 2 is 1.91 bits per heavy atom. The number of ether oxygens (including phenoxy) is 2. The normalized spacial score (nSPS) is 52.7. The van der Waals surface area contributed by atoms with Gasteiger partial charge < -0.3 is 9.47 Å². The summed E-state index contributed by atoms with van der Waals surface area (Å²) < 4.78 is 12.2. The van der Waals surface area contributed by atoms with E-state index in [2.05, 4.69) is 25.3 Å². The van der Waals surface area contributed by atoms with Crippen LogP contribution in [0.3, 0.4) is 0 Å². The number of carbonyl (C=O) groups excluding carboxylic acids is 3. The number of hydrogen-bond donors (Lipinski definition) is 0. The summed E-state index contributed by atoms with van der Waals surface area (Å²) in [7, 11) is 0. The summed E-state index contributed by atoms with van der Waals surface area (Å²) in [6, 6.07) is 0.260. The molecule has 5 saturated carbocycles. The molecule has 0 radical (unpaired) electrons. The number of fused-ring (bicyclic) bond motifs is 1. The smallest absolute Gasteiger partial charge is 0.303 e. The summed E-state index contributed by atoms with van der Waals surface area (Å²) >= 11 is 0. The van der Waals surface area contributed by atoms with Crippen molar-refractivity contribution in [3.8, 4) is 0 Å². The number of ketones is 1. The van der Waals surface area contributed by atoms with Crippen LogP contribution in [0, 0.1) is 39.9 Å². The Hall–Kier alpha value is -1.69. The largest absolute Gasteiger partial charge is 0.462 e. The third kappa shape index (κ3) is 2.10. The summed E-state index contributed by atoms with van der Waals surface area (Å²) in [5.41, 5.74) is 0.446. The fourth-order valence-electron chi connectivity index (χ4n) is 10.4. The van der Waals surface area contributed by atoms with E-state index in [0.29, 0.717) is 18.3 Å². The first-order valence-electron chi connectivity index (χ1n) is 12.4. The lowest BCUT2D eigenvalue weighted by Gasteiger charge is -2.65. The quantitative estimate of drug-likeness (QED) is 0.495. The average molecular weight is 442 g/mol. The Labute approximate surface area is 190 Å². The molecule has 174 valence electrons. The number of hydrogen-bond acceptors (Lipinski definition) is 6. The molecule has 6 rings (SSSR count). The molecule has 7 bridgehead atoms. The van der Waals surface area contributed by atoms with E-state index in [0.717, 1.165) is 44.3 Å². The molecular formula is C26H35NO5. The van der Waals surface area contributed by atoms with Crippen LogP contribution >= 0.6 is 0 Å². The maximum Gasteiger partial charge on any atom is 0.303 e. The third-order valence-corrected chi connectivity index (χ3v) is 10.9. The van der Waals surface area contributed by atoms with E-state index in [1.54, 1.807) is 0 Å². The summed E-state index contributed by atoms with van der Waals surface area (Å²) in [6.45, 7) is 13.9. The maximum atomic E-state index is 13.4. The van der Waals surface area contributed by atoms with Crippen LogP contribution in [0.4, 0.5) is 0 Å². The molecule has 5 aliphatic carbocycles. The molecule has 0 aromatic rings. The number of nitrogens with zero attached hydrogens (tertiary/aromatic N) is 1. The molecule has 6 fully saturated rings. The average Bonchev–Trinajstić information content (AvgIpc) is 3.24. The fourth-order valence-corrected chi connectivity index (χ4v) is 10.4. The second-order valence-electron chi connectivity index (χ2n) is 11.8. The van der Waals surface area contributed by atoms with Crippen molar-refractivity contribution in [2.24, 2.45) is 39.9 Å². The van der Waals surface area contributed by atoms with Crippen LogP contribution in [-0.2, 0) is 23.9 Å². The van der Waals surface area contributed by atoms with E-state index in [1.165, 1.54) is 13.8 Å². The Kier molecular flexibility index (Phi) is 4.08. The summed E-state index contributed by atoms with van der Waals surface area (Å²) in [5, 5.41) is 0. The summed E-state index contributed by atoms with van der Waals surface area (Å²) in [5.74, 6) is 0.322. The van der Waals surface area contributed by atoms with Gasteiger partial charge in [0.2, 0.25) is 0 Å². The van der Waals surface area contributed by atoms with Crippen molar-refractivity contribution in [3.63, 3.8) is 0 Å². The zero-order valence-corrected chi connectivity index (χ0v) is 19.7. The highest BCUT2D eigenvalue weighted by molar-refractivity contribution is 5.87. The Morgan fingerprint density at radius 3 is 2.56 bits per heavy atom. The van der Waals surface area contributed by atoms with Crippen molar-refractivity contribution in [1.82, 2.24) is 4.90 Å². The van der Waals surface area contributed by atoms with Gasteiger partial charge in [-0.3, -0.25) is 19.3 Å². The Balaban J connectivity index is 1.59. The lowest BCUT2D eigenvalue weighted by atomic mass is 9.43. The zero-order chi connectivity index (χ0) is 22.8. The predicted octanol–water partition coefficient (Wildman–Crippen LogP) is 3.14. The van der Waals surface area contributed by atoms with Crippen LogP contribution in [0.1, 0.15) is 59.8 Å². The van der Waals surface area contributed by atoms with E-state index in [4.69, 9.17) is 9.47 Å². The van der Waals surface area contributed by atoms with Crippen molar-refractivity contribution >= 4 is 17.7 Å². The summed E-state index contributed by atoms with van der Waals surface area (Å²) in [6.07, 6.45) is 3.62. The molecule has 6 aliphatic rings. The lowest BCUT2D eigenvalue weighted by molar-refractivity contribution is -0.224. The van der Waals surface area contributed by atoms with Gasteiger partial charge in [0.1, 0.15) is 18.0 Å². The minimum absolute atomic E-state index is 0.0643. The number of rotatable bonds is 3. The first kappa shape index (κ1) is 20.9. The van der Waals surface area contributed by atoms with Gasteiger partial charge in [-0.1, -0.05) is 20.4 Å². The van der Waals surface area contributed by atoms with Gasteiger partial charge in [0.15, 0.2) is 0 Å². The van der Waals surface area contributed by atoms with Crippen molar-refractivity contribution in [3.05, 3.63) is 12.2 Å². The number of piperidine rings is 1. The predicted molar refractivity (Wildman–Crippen MR) is 116 cm³/mol. The first-order chi connectivity index (χ1) is 15.1. The van der Waals surface area contributed by atoms with Gasteiger partial charge in [0.25, 0.3) is 0 Å². The second kappa shape index (κ2) is 6.25. The topological polar surface area (TPSA) is 72.9 Å². The molecule has 6 nitrogen and oxygen atoms in total. The van der Waals surface area contributed by atoms with Gasteiger partial charge in [-0.2, -0.15) is 0 Å². The van der Waals surface area contributed by atoms with E-state index in [9.17, 15) is 14.4 Å². The Morgan fingerprint density at radius 1 is 1.19 bits per heavy atom. The molecular weight excluding hydrogens is 406 g/mol. The van der Waals surface area contributed by atoms with Gasteiger partial charge in [-0.25, -0.2) is 0 Å². The molecule has 0 unspecified atom stereocenters. The lowest BCUT2D eigenvalue weighted by Crippen LogP contribution is -2.69. The van der Waals surface area contributed by atoms with Crippen LogP contribution in [0.25, 0.3) is 0 Å². The highest BCUT2D eigenvalue weighted by atomic mass is 16.5. The standard InChI is InChI=1S/C26H35NO5/c1-6-27-12-24(5)8-7-21(31-14(3)28)26-19(24)9-17(22(26)27)25-11-16(18(30)10-20(25)26)13(2)23(25)32-15(4)29/h16-17,19-23H,2,6-12H2,1,3-5H3/t16-,17-,19+,20+,21-,22-,23+,24-,25-,26-/m0/s1. The zero-order valence-electron chi connectivity index (χ0n) is 19.7. The van der Waals surface area contributed by atoms with Gasteiger partial charge in [-0.15, -0.1) is 0 Å². The van der Waals surface area contributed by atoms with Gasteiger partial charge in [0.05, 0.1) is 0 Å². The highest BCUT2D eigenvalue weighted by Gasteiger charge is 2.86. The number of Topliss-reactive ketones (excluding diaryl/α,β-unsaturated/α-hetero) is 1. The minimum atomic E-state index is -0.405. The SMILES string of the molecule is C=C1[C@@H]2C[C@@]3([C@@H]1OC(C)=O)[C@@H](CC2=O)[C@@]12[C@@H](OC(C)=O)CC[C@@]4(C)CN(CC)[C@H]1[C@@H]3C[C@H]42. The van der Waals surface area contributed by atoms with Crippen molar-refractivity contribution in [1.29, 1.82) is 0 Å². The van der Waals surface area contributed by atoms with E-state index >= 15 is 0 Å². The first-order valence-corrected chi connectivity index (χ1v) is 12.4. The molecule has 6 heteroatoms. The monoisotopic (exact) mass is 441 g/mol. The Bertz CT molecular complexity index is 945. The van der Waals surface area contributed by atoms with Gasteiger partial charge in [0, 0.05) is 49.6 Å². The minimum Gasteiger partial charge on any atom is -0.462 e. The van der Waals surface area contributed by atoms with Crippen LogP contribution in [-0.4, -0.2) is 54.0 Å². The molecule has 1 heterocycles. The van der Waals surface area contributed by atoms with Crippen LogP contribution in [0.15, 0.2) is 12.2 Å². The van der Waals surface area contributed by atoms with Crippen LogP contribution in [0.5, 0.6) is 0 Å². The molecule has 0 aromatic heterocycles. The fraction of sp³-hybridized carbons (Fsp3) is 0.808. The molecule has 10 atom stereocenters. The molecule has 0 aromatic carbocycles. The molecule has 2 spiro atoms. The van der Waals surface area contributed by atoms with Crippen LogP contribution in [0.2, 0.25) is 0 Å². The van der Waals surface area contributed by atoms with Crippen molar-refractivity contribution in [2.45, 2.75) is 78.0 Å². The summed E-state index contributed by atoms with van der Waals surface area (Å²) in [4.78, 5) is 40.5. The van der Waals surface area contributed by atoms with Crippen molar-refractivity contribution in [2.75, 3.05) is 13.1 Å². The van der Waals surface area contributed by atoms with E-state index in [1.807, 2.05) is 0 Å². The molecule has 0 amide bonds. The molecule has 1 saturated heterocycles. The number of esters is 2. The molecule has 0 N–H and O–H groups in total. The van der Waals surface area contributed by atoms with E-state index < -0.39 is 6.10 Å². The van der Waals surface area contributed by atoms with Gasteiger partial charge in [-0.05, 0) is 61.0 Å². The van der Waals surface area contributed by atoms with Crippen LogP contribution < -0.4 is 0 Å². The maximum absolute atomic E-state index is 13.4. The van der Waals surface area contributed by atoms with Crippen molar-refractivity contribution < 1.29 is 23.9 Å². The second-order valence-corrected chi connectivity index (χ2v) is 11.8. The molecule has 1 aliphatic heterocycles. The number of carbonyl (C=O) groups is 3. The molecule has 32 heavy (non-hydrogen) atoms. The number of likely N-dealkylation sites (tertiary alicyclic amines) is 1. The van der Waals surface area contributed by atoms with Gasteiger partial charge >= 0.3 is 11.9 Å². The third-order valence-electron chi connectivity index (χ3n) is 10.9. The van der Waals surface area contributed by atoms with E-state index in [-0.39, 0.29) is 57.9 Å².